The number of halogens is 38. The highest BCUT2D eigenvalue weighted by Gasteiger charge is 2.79. The topological polar surface area (TPSA) is 55.4 Å². The lowest BCUT2D eigenvalue weighted by atomic mass is 10.1. The molecule has 0 aliphatic heterocycles. The Hall–Kier alpha value is -3.98. The minimum Gasteiger partial charge on any atom is -0.485 e. The number of hydrogen-bond donors (Lipinski definition) is 0. The molecule has 454 valence electrons. The molecule has 0 aliphatic rings. The zero-order chi connectivity index (χ0) is 61.7. The molecule has 78 heavy (non-hydrogen) atoms. The number of rotatable bonds is 29. The third-order valence-corrected chi connectivity index (χ3v) is 10.5. The first-order valence-electron chi connectivity index (χ1n) is 18.4. The van der Waals surface area contributed by atoms with Crippen molar-refractivity contribution in [3.05, 3.63) is 31.7 Å². The molecule has 2 aromatic rings. The summed E-state index contributed by atoms with van der Waals surface area (Å²) in [5.74, 6) is -104. The third-order valence-electron chi connectivity index (χ3n) is 9.17. The first-order valence-corrected chi connectivity index (χ1v) is 20.0. The smallest absolute Gasteiger partial charge is 0.381 e. The van der Waals surface area contributed by atoms with E-state index < -0.39 is 203 Å². The van der Waals surface area contributed by atoms with E-state index in [0.29, 0.717) is 0 Å². The van der Waals surface area contributed by atoms with E-state index in [4.69, 9.17) is 46.4 Å². The van der Waals surface area contributed by atoms with Crippen LogP contribution in [-0.4, -0.2) is 136 Å². The number of benzene rings is 2. The van der Waals surface area contributed by atoms with Crippen LogP contribution >= 0.6 is 46.4 Å². The molecule has 0 unspecified atom stereocenters. The van der Waals surface area contributed by atoms with E-state index in [0.717, 1.165) is 0 Å². The highest BCUT2D eigenvalue weighted by atomic mass is 35.5. The second kappa shape index (κ2) is 23.1. The maximum absolute atomic E-state index is 15.7. The lowest BCUT2D eigenvalue weighted by Crippen LogP contribution is -2.59. The van der Waals surface area contributed by atoms with Gasteiger partial charge in [-0.25, -0.2) is 35.1 Å². The van der Waals surface area contributed by atoms with E-state index in [1.54, 1.807) is 0 Å². The molecular formula is C34H16Cl4F34O6. The van der Waals surface area contributed by atoms with Gasteiger partial charge in [-0.1, -0.05) is 46.4 Å². The van der Waals surface area contributed by atoms with Gasteiger partial charge in [-0.3, -0.25) is 0 Å². The molecule has 0 N–H and O–H groups in total. The van der Waals surface area contributed by atoms with Gasteiger partial charge in [-0.2, -0.15) is 114 Å². The minimum atomic E-state index is -7.28. The number of alkyl halides is 32. The predicted octanol–water partition coefficient (Wildman–Crippen LogP) is 16.2. The van der Waals surface area contributed by atoms with E-state index in [1.807, 2.05) is 0 Å². The molecule has 0 atom stereocenters. The quantitative estimate of drug-likeness (QED) is 0.0598. The second-order valence-corrected chi connectivity index (χ2v) is 16.0. The Bertz CT molecular complexity index is 2110. The molecular weight excluding hydrogens is 1290 g/mol. The van der Waals surface area contributed by atoms with Crippen LogP contribution in [0.2, 0.25) is 20.1 Å². The molecule has 6 nitrogen and oxygen atoms in total. The Kier molecular flexibility index (Phi) is 20.8. The van der Waals surface area contributed by atoms with Gasteiger partial charge in [0.05, 0.1) is 0 Å². The largest absolute Gasteiger partial charge is 0.485 e. The summed E-state index contributed by atoms with van der Waals surface area (Å²) >= 11 is 22.0. The van der Waals surface area contributed by atoms with Gasteiger partial charge < -0.3 is 28.4 Å². The van der Waals surface area contributed by atoms with Crippen molar-refractivity contribution in [3.8, 4) is 34.5 Å². The van der Waals surface area contributed by atoms with Crippen LogP contribution in [0.4, 0.5) is 149 Å². The summed E-state index contributed by atoms with van der Waals surface area (Å²) < 4.78 is 490. The van der Waals surface area contributed by atoms with E-state index in [1.165, 1.54) is 0 Å². The van der Waals surface area contributed by atoms with Gasteiger partial charge in [0.2, 0.25) is 11.6 Å². The summed E-state index contributed by atoms with van der Waals surface area (Å²) in [6.07, 6.45) is -22.6. The molecule has 0 saturated carbocycles. The van der Waals surface area contributed by atoms with E-state index in [9.17, 15) is 140 Å². The fourth-order valence-electron chi connectivity index (χ4n) is 4.78. The van der Waals surface area contributed by atoms with Gasteiger partial charge in [0.15, 0.2) is 60.9 Å². The van der Waals surface area contributed by atoms with Crippen molar-refractivity contribution in [2.45, 2.75) is 96.8 Å². The maximum atomic E-state index is 15.7. The van der Waals surface area contributed by atoms with Crippen molar-refractivity contribution in [2.75, 3.05) is 39.6 Å². The summed E-state index contributed by atoms with van der Waals surface area (Å²) in [6, 6.07) is 0. The van der Waals surface area contributed by atoms with Crippen molar-refractivity contribution in [1.82, 2.24) is 0 Å². The van der Waals surface area contributed by atoms with Gasteiger partial charge in [0.1, 0.15) is 33.3 Å². The van der Waals surface area contributed by atoms with E-state index in [2.05, 4.69) is 28.4 Å². The Morgan fingerprint density at radius 3 is 0.590 bits per heavy atom. The maximum Gasteiger partial charge on any atom is 0.381 e. The summed E-state index contributed by atoms with van der Waals surface area (Å²) in [7, 11) is 0. The molecule has 0 bridgehead atoms. The predicted molar refractivity (Wildman–Crippen MR) is 189 cm³/mol. The fourth-order valence-corrected chi connectivity index (χ4v) is 6.02. The first kappa shape index (κ1) is 70.1. The molecule has 0 spiro atoms. The van der Waals surface area contributed by atoms with Gasteiger partial charge in [0, 0.05) is 0 Å². The van der Waals surface area contributed by atoms with Crippen LogP contribution in [0.1, 0.15) is 0 Å². The summed E-state index contributed by atoms with van der Waals surface area (Å²) in [5, 5.41) is -8.81. The van der Waals surface area contributed by atoms with Crippen LogP contribution in [0.5, 0.6) is 34.5 Å². The monoisotopic (exact) mass is 1310 g/mol. The lowest BCUT2D eigenvalue weighted by molar-refractivity contribution is -0.342. The number of ether oxygens (including phenoxy) is 6. The van der Waals surface area contributed by atoms with Crippen molar-refractivity contribution >= 4 is 46.4 Å². The van der Waals surface area contributed by atoms with Crippen LogP contribution in [0.3, 0.4) is 0 Å². The lowest BCUT2D eigenvalue weighted by Gasteiger charge is -2.32. The van der Waals surface area contributed by atoms with Crippen molar-refractivity contribution in [3.63, 3.8) is 0 Å². The normalized spacial score (nSPS) is 14.5. The highest BCUT2D eigenvalue weighted by molar-refractivity contribution is 6.39. The summed E-state index contributed by atoms with van der Waals surface area (Å²) in [5.41, 5.74) is 0. The zero-order valence-electron chi connectivity index (χ0n) is 35.4. The number of hydrogen-bond acceptors (Lipinski definition) is 6. The van der Waals surface area contributed by atoms with Crippen LogP contribution in [0.25, 0.3) is 0 Å². The van der Waals surface area contributed by atoms with Gasteiger partial charge >= 0.3 is 96.8 Å². The SMILES string of the molecule is Fc1c(OCCOc2c(F)c(OCC(F)(F)C(F)(F)C(F)(F)C(F)F)c(Cl)c(OCC(F)(F)C(F)(F)C(F)(F)C(F)F)c2Cl)c(Cl)c(OCC(F)(F)C(F)(F)C(F)(F)C(F)F)c(Cl)c1OCC(F)(F)C(F)(F)C(F)(F)C(F)F. The average Bonchev–Trinajstić information content (AvgIpc) is 3.28. The fraction of sp³-hybridized carbons (Fsp3) is 0.647. The molecule has 0 aromatic heterocycles. The van der Waals surface area contributed by atoms with Gasteiger partial charge in [-0.15, -0.1) is 0 Å². The molecule has 2 aromatic carbocycles. The van der Waals surface area contributed by atoms with Crippen LogP contribution in [-0.2, 0) is 0 Å². The van der Waals surface area contributed by atoms with Crippen molar-refractivity contribution < 1.29 is 178 Å². The zero-order valence-corrected chi connectivity index (χ0v) is 38.4. The molecule has 0 fully saturated rings. The molecule has 0 radical (unpaired) electrons. The first-order chi connectivity index (χ1) is 34.6. The van der Waals surface area contributed by atoms with E-state index >= 15 is 8.78 Å². The van der Waals surface area contributed by atoms with Crippen LogP contribution in [0.15, 0.2) is 0 Å². The highest BCUT2D eigenvalue weighted by Crippen LogP contribution is 2.56. The molecule has 44 heteroatoms. The van der Waals surface area contributed by atoms with Crippen LogP contribution < -0.4 is 28.4 Å². The summed E-state index contributed by atoms with van der Waals surface area (Å²) in [6.45, 7) is -18.0. The Balaban J connectivity index is 2.85. The van der Waals surface area contributed by atoms with E-state index in [-0.39, 0.29) is 0 Å². The van der Waals surface area contributed by atoms with Gasteiger partial charge in [-0.05, 0) is 0 Å². The van der Waals surface area contributed by atoms with Crippen molar-refractivity contribution in [1.29, 1.82) is 0 Å². The standard InChI is InChI=1S/C34H16Cl4F34O6/c35-7-13(75-3-23(49,50)31(65,66)27(57,58)19(41)42)9(37)17(77-5-25(53,54)33(69,70)29(61,62)21(45)46)11(39)15(7)73-1-2-74-16-8(36)14(76-4-24(51,52)32(67,68)28(59,60)20(43)44)10(38)18(12(16)40)78-6-26(55,56)34(71,72)30(63,64)22(47)48/h19-22H,1-6H2. The Morgan fingerprint density at radius 1 is 0.269 bits per heavy atom. The minimum absolute atomic E-state index is 1.97. The summed E-state index contributed by atoms with van der Waals surface area (Å²) in [4.78, 5) is 0. The molecule has 0 amide bonds. The second-order valence-electron chi connectivity index (χ2n) is 14.5. The molecule has 2 rings (SSSR count). The Labute approximate surface area is 426 Å². The Morgan fingerprint density at radius 2 is 0.423 bits per heavy atom. The third kappa shape index (κ3) is 12.4. The molecule has 0 saturated heterocycles. The molecule has 0 aliphatic carbocycles. The van der Waals surface area contributed by atoms with Crippen LogP contribution in [0, 0.1) is 11.6 Å². The van der Waals surface area contributed by atoms with Crippen molar-refractivity contribution in [2.24, 2.45) is 0 Å². The average molecular weight is 1310 g/mol. The molecule has 0 heterocycles. The van der Waals surface area contributed by atoms with Gasteiger partial charge in [0.25, 0.3) is 0 Å².